The summed E-state index contributed by atoms with van der Waals surface area (Å²) in [6.07, 6.45) is 0.119. The van der Waals surface area contributed by atoms with Crippen molar-refractivity contribution in [3.8, 4) is 11.8 Å². The van der Waals surface area contributed by atoms with E-state index < -0.39 is 12.1 Å². The fraction of sp³-hybridized carbons (Fsp3) is 0.667. The maximum Gasteiger partial charge on any atom is 0.317 e. The number of rotatable bonds is 4. The van der Waals surface area contributed by atoms with E-state index in [9.17, 15) is 9.59 Å². The van der Waals surface area contributed by atoms with E-state index in [1.807, 2.05) is 0 Å². The number of morpholine rings is 1. The first-order chi connectivity index (χ1) is 8.63. The Morgan fingerprint density at radius 3 is 3.00 bits per heavy atom. The van der Waals surface area contributed by atoms with Crippen LogP contribution in [0.2, 0.25) is 0 Å². The Labute approximate surface area is 106 Å². The van der Waals surface area contributed by atoms with Gasteiger partial charge in [-0.15, -0.1) is 11.8 Å². The van der Waals surface area contributed by atoms with Gasteiger partial charge in [-0.2, -0.15) is 0 Å². The van der Waals surface area contributed by atoms with Gasteiger partial charge in [-0.25, -0.2) is 4.79 Å². The lowest BCUT2D eigenvalue weighted by atomic mass is 10.2. The number of urea groups is 1. The zero-order valence-corrected chi connectivity index (χ0v) is 10.4. The zero-order chi connectivity index (χ0) is 13.4. The summed E-state index contributed by atoms with van der Waals surface area (Å²) in [6.45, 7) is 3.43. The van der Waals surface area contributed by atoms with Crippen LogP contribution in [0.3, 0.4) is 0 Å². The molecule has 1 heterocycles. The van der Waals surface area contributed by atoms with Gasteiger partial charge in [0.05, 0.1) is 19.1 Å². The van der Waals surface area contributed by atoms with Gasteiger partial charge in [0.1, 0.15) is 0 Å². The van der Waals surface area contributed by atoms with E-state index >= 15 is 0 Å². The van der Waals surface area contributed by atoms with E-state index in [2.05, 4.69) is 17.2 Å². The highest BCUT2D eigenvalue weighted by Gasteiger charge is 2.25. The van der Waals surface area contributed by atoms with Crippen LogP contribution >= 0.6 is 0 Å². The van der Waals surface area contributed by atoms with Crippen LogP contribution in [0.4, 0.5) is 4.79 Å². The molecular weight excluding hydrogens is 236 g/mol. The van der Waals surface area contributed by atoms with Gasteiger partial charge in [0.25, 0.3) is 0 Å². The molecule has 2 amide bonds. The molecule has 0 aromatic rings. The summed E-state index contributed by atoms with van der Waals surface area (Å²) in [5.41, 5.74) is 0. The van der Waals surface area contributed by atoms with E-state index in [1.165, 1.54) is 0 Å². The quantitative estimate of drug-likeness (QED) is 0.558. The Hall–Kier alpha value is -1.74. The normalized spacial score (nSPS) is 18.7. The first-order valence-electron chi connectivity index (χ1n) is 5.89. The number of carboxylic acid groups (broad SMARTS) is 1. The van der Waals surface area contributed by atoms with Crippen LogP contribution in [0.15, 0.2) is 0 Å². The molecule has 100 valence electrons. The lowest BCUT2D eigenvalue weighted by Crippen LogP contribution is -2.50. The first-order valence-corrected chi connectivity index (χ1v) is 5.89. The second-order valence-corrected chi connectivity index (χ2v) is 3.95. The van der Waals surface area contributed by atoms with E-state index in [4.69, 9.17) is 9.84 Å². The van der Waals surface area contributed by atoms with Gasteiger partial charge in [0.2, 0.25) is 0 Å². The van der Waals surface area contributed by atoms with Crippen molar-refractivity contribution < 1.29 is 19.4 Å². The Morgan fingerprint density at radius 1 is 1.56 bits per heavy atom. The molecule has 0 saturated carbocycles. The predicted molar refractivity (Wildman–Crippen MR) is 65.0 cm³/mol. The first kappa shape index (κ1) is 14.3. The maximum atomic E-state index is 11.8. The number of hydrogen-bond acceptors (Lipinski definition) is 3. The Balaban J connectivity index is 2.32. The van der Waals surface area contributed by atoms with Crippen LogP contribution in [-0.4, -0.2) is 54.4 Å². The van der Waals surface area contributed by atoms with Crippen molar-refractivity contribution in [3.63, 3.8) is 0 Å². The molecule has 18 heavy (non-hydrogen) atoms. The number of ether oxygens (including phenoxy) is 1. The van der Waals surface area contributed by atoms with Crippen LogP contribution in [-0.2, 0) is 9.53 Å². The number of aliphatic carboxylic acids is 1. The van der Waals surface area contributed by atoms with Crippen LogP contribution in [0.1, 0.15) is 19.8 Å². The molecule has 1 fully saturated rings. The number of carbonyl (C=O) groups excluding carboxylic acids is 1. The fourth-order valence-electron chi connectivity index (χ4n) is 1.69. The Morgan fingerprint density at radius 2 is 2.33 bits per heavy atom. The van der Waals surface area contributed by atoms with Gasteiger partial charge < -0.3 is 20.1 Å². The Kier molecular flexibility index (Phi) is 6.01. The molecule has 0 aliphatic carbocycles. The highest BCUT2D eigenvalue weighted by atomic mass is 16.5. The molecule has 0 aromatic carbocycles. The SMILES string of the molecule is CC#CCCNC(=O)N1CCOC(CC(=O)O)C1. The van der Waals surface area contributed by atoms with Gasteiger partial charge in [0, 0.05) is 26.1 Å². The van der Waals surface area contributed by atoms with E-state index in [0.717, 1.165) is 0 Å². The lowest BCUT2D eigenvalue weighted by Gasteiger charge is -2.32. The van der Waals surface area contributed by atoms with E-state index in [-0.39, 0.29) is 12.5 Å². The highest BCUT2D eigenvalue weighted by Crippen LogP contribution is 2.08. The van der Waals surface area contributed by atoms with Crippen molar-refractivity contribution in [2.24, 2.45) is 0 Å². The average molecular weight is 254 g/mol. The third-order valence-electron chi connectivity index (χ3n) is 2.53. The van der Waals surface area contributed by atoms with Crippen LogP contribution in [0.5, 0.6) is 0 Å². The molecule has 6 nitrogen and oxygen atoms in total. The van der Waals surface area contributed by atoms with Gasteiger partial charge in [-0.1, -0.05) is 0 Å². The fourth-order valence-corrected chi connectivity index (χ4v) is 1.69. The molecule has 0 radical (unpaired) electrons. The smallest absolute Gasteiger partial charge is 0.317 e. The summed E-state index contributed by atoms with van der Waals surface area (Å²) >= 11 is 0. The minimum absolute atomic E-state index is 0.0783. The topological polar surface area (TPSA) is 78.9 Å². The molecule has 1 aliphatic rings. The van der Waals surface area contributed by atoms with Gasteiger partial charge in [0.15, 0.2) is 0 Å². The van der Waals surface area contributed by atoms with Crippen LogP contribution in [0, 0.1) is 11.8 Å². The molecule has 2 N–H and O–H groups in total. The van der Waals surface area contributed by atoms with Crippen molar-refractivity contribution in [1.29, 1.82) is 0 Å². The number of amides is 2. The van der Waals surface area contributed by atoms with Crippen LogP contribution < -0.4 is 5.32 Å². The number of carboxylic acids is 1. The summed E-state index contributed by atoms with van der Waals surface area (Å²) in [6, 6.07) is -0.188. The second-order valence-electron chi connectivity index (χ2n) is 3.95. The van der Waals surface area contributed by atoms with E-state index in [1.54, 1.807) is 11.8 Å². The molecule has 1 rings (SSSR count). The number of nitrogens with one attached hydrogen (secondary N) is 1. The molecular formula is C12H18N2O4. The summed E-state index contributed by atoms with van der Waals surface area (Å²) in [5.74, 6) is 4.69. The molecule has 1 atom stereocenters. The predicted octanol–water partition coefficient (Wildman–Crippen LogP) is 0.285. The van der Waals surface area contributed by atoms with Crippen LogP contribution in [0.25, 0.3) is 0 Å². The van der Waals surface area contributed by atoms with Crippen molar-refractivity contribution in [3.05, 3.63) is 0 Å². The standard InChI is InChI=1S/C12H18N2O4/c1-2-3-4-5-13-12(17)14-6-7-18-10(9-14)8-11(15)16/h10H,4-9H2,1H3,(H,13,17)(H,15,16). The minimum Gasteiger partial charge on any atom is -0.481 e. The zero-order valence-electron chi connectivity index (χ0n) is 10.4. The maximum absolute atomic E-state index is 11.8. The average Bonchev–Trinajstić information content (AvgIpc) is 2.34. The molecule has 6 heteroatoms. The number of hydrogen-bond donors (Lipinski definition) is 2. The summed E-state index contributed by atoms with van der Waals surface area (Å²) < 4.78 is 5.29. The second kappa shape index (κ2) is 7.56. The summed E-state index contributed by atoms with van der Waals surface area (Å²) in [7, 11) is 0. The van der Waals surface area contributed by atoms with Crippen molar-refractivity contribution in [2.45, 2.75) is 25.9 Å². The third kappa shape index (κ3) is 5.06. The van der Waals surface area contributed by atoms with Crippen molar-refractivity contribution >= 4 is 12.0 Å². The Bertz CT molecular complexity index is 359. The van der Waals surface area contributed by atoms with Crippen molar-refractivity contribution in [1.82, 2.24) is 10.2 Å². The van der Waals surface area contributed by atoms with Gasteiger partial charge in [-0.3, -0.25) is 4.79 Å². The van der Waals surface area contributed by atoms with Gasteiger partial charge in [-0.05, 0) is 6.92 Å². The molecule has 1 unspecified atom stereocenters. The molecule has 0 bridgehead atoms. The summed E-state index contributed by atoms with van der Waals surface area (Å²) in [4.78, 5) is 23.9. The van der Waals surface area contributed by atoms with E-state index in [0.29, 0.717) is 32.7 Å². The number of nitrogens with zero attached hydrogens (tertiary/aromatic N) is 1. The van der Waals surface area contributed by atoms with Crippen molar-refractivity contribution in [2.75, 3.05) is 26.2 Å². The molecule has 1 aliphatic heterocycles. The summed E-state index contributed by atoms with van der Waals surface area (Å²) in [5, 5.41) is 11.4. The minimum atomic E-state index is -0.916. The number of carbonyl (C=O) groups is 2. The van der Waals surface area contributed by atoms with Gasteiger partial charge >= 0.3 is 12.0 Å². The largest absolute Gasteiger partial charge is 0.481 e. The molecule has 0 aromatic heterocycles. The molecule has 1 saturated heterocycles. The molecule has 0 spiro atoms. The highest BCUT2D eigenvalue weighted by molar-refractivity contribution is 5.74. The monoisotopic (exact) mass is 254 g/mol. The third-order valence-corrected chi connectivity index (χ3v) is 2.53. The lowest BCUT2D eigenvalue weighted by molar-refractivity contribution is -0.141.